The van der Waals surface area contributed by atoms with Crippen LogP contribution in [0.3, 0.4) is 0 Å². The quantitative estimate of drug-likeness (QED) is 0.682. The van der Waals surface area contributed by atoms with Crippen LogP contribution in [0, 0.1) is 0 Å². The molecule has 0 atom stereocenters. The van der Waals surface area contributed by atoms with Gasteiger partial charge in [-0.25, -0.2) is 4.98 Å². The molecule has 1 aromatic rings. The van der Waals surface area contributed by atoms with E-state index in [1.54, 1.807) is 7.11 Å². The second-order valence-corrected chi connectivity index (χ2v) is 5.17. The Balaban J connectivity index is 0.00000242. The molecule has 2 rings (SSSR count). The Bertz CT molecular complexity index is 440. The molecule has 0 spiro atoms. The van der Waals surface area contributed by atoms with Crippen molar-refractivity contribution in [2.24, 2.45) is 0 Å². The van der Waals surface area contributed by atoms with Gasteiger partial charge in [0.15, 0.2) is 0 Å². The molecule has 1 amide bonds. The highest BCUT2D eigenvalue weighted by Gasteiger charge is 2.12. The fourth-order valence-electron chi connectivity index (χ4n) is 2.29. The number of anilines is 1. The maximum atomic E-state index is 11.6. The lowest BCUT2D eigenvalue weighted by molar-refractivity contribution is -0.120. The summed E-state index contributed by atoms with van der Waals surface area (Å²) in [4.78, 5) is 18.4. The number of nitrogens with zero attached hydrogens (tertiary/aromatic N) is 2. The molecule has 132 valence electrons. The van der Waals surface area contributed by atoms with Gasteiger partial charge in [0.05, 0.1) is 13.2 Å². The number of ether oxygens (including phenoxy) is 1. The van der Waals surface area contributed by atoms with E-state index < -0.39 is 0 Å². The first-order chi connectivity index (χ1) is 10.3. The number of methoxy groups -OCH3 is 1. The lowest BCUT2D eigenvalue weighted by Gasteiger charge is -2.16. The molecule has 23 heavy (non-hydrogen) atoms. The van der Waals surface area contributed by atoms with Crippen LogP contribution in [0.25, 0.3) is 0 Å². The van der Waals surface area contributed by atoms with Gasteiger partial charge >= 0.3 is 0 Å². The minimum Gasteiger partial charge on any atom is -0.383 e. The summed E-state index contributed by atoms with van der Waals surface area (Å²) in [5.41, 5.74) is 1.02. The summed E-state index contributed by atoms with van der Waals surface area (Å²) in [5.74, 6) is 1.01. The van der Waals surface area contributed by atoms with E-state index >= 15 is 0 Å². The van der Waals surface area contributed by atoms with E-state index in [-0.39, 0.29) is 30.7 Å². The van der Waals surface area contributed by atoms with E-state index in [0.29, 0.717) is 26.2 Å². The smallest absolute Gasteiger partial charge is 0.234 e. The molecule has 0 aliphatic carbocycles. The highest BCUT2D eigenvalue weighted by molar-refractivity contribution is 5.85. The molecule has 6 nitrogen and oxygen atoms in total. The van der Waals surface area contributed by atoms with E-state index in [2.05, 4.69) is 20.5 Å². The standard InChI is InChI=1S/C15H24N4O2.2ClH/c1-21-9-6-16-12-15(20)18-11-13-4-5-14(17-10-13)19-7-2-3-8-19;;/h4-5,10,16H,2-3,6-9,11-12H2,1H3,(H,18,20);2*1H. The van der Waals surface area contributed by atoms with E-state index in [1.165, 1.54) is 12.8 Å². The highest BCUT2D eigenvalue weighted by Crippen LogP contribution is 2.17. The van der Waals surface area contributed by atoms with Gasteiger partial charge in [0.25, 0.3) is 0 Å². The van der Waals surface area contributed by atoms with Crippen molar-refractivity contribution in [1.29, 1.82) is 0 Å². The molecule has 1 aliphatic rings. The Morgan fingerprint density at radius 2 is 2.04 bits per heavy atom. The van der Waals surface area contributed by atoms with Crippen molar-refractivity contribution in [2.75, 3.05) is 44.8 Å². The number of nitrogens with one attached hydrogen (secondary N) is 2. The first kappa shape index (κ1) is 21.9. The summed E-state index contributed by atoms with van der Waals surface area (Å²) in [6.07, 6.45) is 4.33. The van der Waals surface area contributed by atoms with E-state index in [0.717, 1.165) is 24.5 Å². The number of amides is 1. The van der Waals surface area contributed by atoms with Gasteiger partial charge in [-0.15, -0.1) is 24.8 Å². The number of hydrogen-bond donors (Lipinski definition) is 2. The minimum atomic E-state index is -0.0188. The normalized spacial score (nSPS) is 13.2. The first-order valence-corrected chi connectivity index (χ1v) is 7.46. The van der Waals surface area contributed by atoms with Crippen LogP contribution in [0.15, 0.2) is 18.3 Å². The van der Waals surface area contributed by atoms with Gasteiger partial charge in [-0.3, -0.25) is 4.79 Å². The van der Waals surface area contributed by atoms with Crippen LogP contribution in [0.4, 0.5) is 5.82 Å². The third-order valence-electron chi connectivity index (χ3n) is 3.50. The summed E-state index contributed by atoms with van der Waals surface area (Å²) in [6, 6.07) is 4.06. The van der Waals surface area contributed by atoms with Crippen LogP contribution in [0.5, 0.6) is 0 Å². The monoisotopic (exact) mass is 364 g/mol. The van der Waals surface area contributed by atoms with Crippen molar-refractivity contribution in [3.05, 3.63) is 23.9 Å². The number of aromatic nitrogens is 1. The third-order valence-corrected chi connectivity index (χ3v) is 3.50. The summed E-state index contributed by atoms with van der Waals surface area (Å²) in [6.45, 7) is 4.29. The molecule has 8 heteroatoms. The molecule has 0 bridgehead atoms. The largest absolute Gasteiger partial charge is 0.383 e. The average Bonchev–Trinajstić information content (AvgIpc) is 3.04. The molecule has 1 saturated heterocycles. The molecule has 1 aromatic heterocycles. The van der Waals surface area contributed by atoms with Gasteiger partial charge in [0.1, 0.15) is 5.82 Å². The van der Waals surface area contributed by atoms with Gasteiger partial charge in [0.2, 0.25) is 5.91 Å². The van der Waals surface area contributed by atoms with Crippen LogP contribution in [-0.4, -0.2) is 50.8 Å². The van der Waals surface area contributed by atoms with Crippen molar-refractivity contribution in [3.63, 3.8) is 0 Å². The van der Waals surface area contributed by atoms with E-state index in [1.807, 2.05) is 18.3 Å². The van der Waals surface area contributed by atoms with Gasteiger partial charge < -0.3 is 20.3 Å². The maximum absolute atomic E-state index is 11.6. The number of rotatable bonds is 8. The molecule has 0 radical (unpaired) electrons. The van der Waals surface area contributed by atoms with Crippen LogP contribution >= 0.6 is 24.8 Å². The van der Waals surface area contributed by atoms with Crippen LogP contribution in [-0.2, 0) is 16.1 Å². The zero-order valence-electron chi connectivity index (χ0n) is 13.4. The van der Waals surface area contributed by atoms with Crippen molar-refractivity contribution >= 4 is 36.5 Å². The Hall–Kier alpha value is -1.08. The van der Waals surface area contributed by atoms with Crippen LogP contribution < -0.4 is 15.5 Å². The summed E-state index contributed by atoms with van der Waals surface area (Å²) >= 11 is 0. The second kappa shape index (κ2) is 12.4. The van der Waals surface area contributed by atoms with Crippen molar-refractivity contribution in [3.8, 4) is 0 Å². The molecule has 0 aromatic carbocycles. The number of pyridine rings is 1. The lowest BCUT2D eigenvalue weighted by atomic mass is 10.2. The molecular formula is C15H26Cl2N4O2. The lowest BCUT2D eigenvalue weighted by Crippen LogP contribution is -2.34. The van der Waals surface area contributed by atoms with Crippen LogP contribution in [0.2, 0.25) is 0 Å². The Labute approximate surface area is 150 Å². The Kier molecular flexibility index (Phi) is 11.8. The topological polar surface area (TPSA) is 66.5 Å². The van der Waals surface area contributed by atoms with Crippen molar-refractivity contribution in [1.82, 2.24) is 15.6 Å². The Morgan fingerprint density at radius 3 is 2.65 bits per heavy atom. The van der Waals surface area contributed by atoms with Crippen LogP contribution in [0.1, 0.15) is 18.4 Å². The second-order valence-electron chi connectivity index (χ2n) is 5.17. The number of hydrogen-bond acceptors (Lipinski definition) is 5. The zero-order valence-corrected chi connectivity index (χ0v) is 15.0. The zero-order chi connectivity index (χ0) is 14.9. The summed E-state index contributed by atoms with van der Waals surface area (Å²) in [7, 11) is 1.64. The molecule has 2 N–H and O–H groups in total. The number of carbonyl (C=O) groups excluding carboxylic acids is 1. The van der Waals surface area contributed by atoms with E-state index in [9.17, 15) is 4.79 Å². The Morgan fingerprint density at radius 1 is 1.30 bits per heavy atom. The molecule has 1 fully saturated rings. The number of carbonyl (C=O) groups is 1. The van der Waals surface area contributed by atoms with E-state index in [4.69, 9.17) is 4.74 Å². The predicted octanol–water partition coefficient (Wildman–Crippen LogP) is 1.38. The first-order valence-electron chi connectivity index (χ1n) is 7.46. The molecule has 0 saturated carbocycles. The average molecular weight is 365 g/mol. The molecule has 1 aliphatic heterocycles. The number of halogens is 2. The molecule has 0 unspecified atom stereocenters. The van der Waals surface area contributed by atoms with Crippen molar-refractivity contribution < 1.29 is 9.53 Å². The minimum absolute atomic E-state index is 0. The molecular weight excluding hydrogens is 339 g/mol. The molecule has 2 heterocycles. The fraction of sp³-hybridized carbons (Fsp3) is 0.600. The van der Waals surface area contributed by atoms with Gasteiger partial charge in [-0.1, -0.05) is 6.07 Å². The van der Waals surface area contributed by atoms with Gasteiger partial charge in [-0.05, 0) is 24.5 Å². The van der Waals surface area contributed by atoms with Gasteiger partial charge in [0, 0.05) is 39.5 Å². The summed E-state index contributed by atoms with van der Waals surface area (Å²) < 4.78 is 4.90. The maximum Gasteiger partial charge on any atom is 0.234 e. The SMILES string of the molecule is COCCNCC(=O)NCc1ccc(N2CCCC2)nc1.Cl.Cl. The van der Waals surface area contributed by atoms with Gasteiger partial charge in [-0.2, -0.15) is 0 Å². The summed E-state index contributed by atoms with van der Waals surface area (Å²) in [5, 5.41) is 5.88. The highest BCUT2D eigenvalue weighted by atomic mass is 35.5. The van der Waals surface area contributed by atoms with Crippen molar-refractivity contribution in [2.45, 2.75) is 19.4 Å². The fourth-order valence-corrected chi connectivity index (χ4v) is 2.29. The third kappa shape index (κ3) is 7.83. The predicted molar refractivity (Wildman–Crippen MR) is 96.8 cm³/mol.